The van der Waals surface area contributed by atoms with Crippen molar-refractivity contribution in [3.63, 3.8) is 0 Å². The number of nitrogens with two attached hydrogens (primary N) is 1. The van der Waals surface area contributed by atoms with Crippen LogP contribution in [0.4, 0.5) is 5.69 Å². The van der Waals surface area contributed by atoms with Gasteiger partial charge in [0.05, 0.1) is 17.0 Å². The highest BCUT2D eigenvalue weighted by Gasteiger charge is 2.32. The van der Waals surface area contributed by atoms with Crippen molar-refractivity contribution in [1.82, 2.24) is 19.8 Å². The van der Waals surface area contributed by atoms with Crippen LogP contribution in [-0.4, -0.2) is 71.9 Å². The summed E-state index contributed by atoms with van der Waals surface area (Å²) in [4.78, 5) is 40.0. The van der Waals surface area contributed by atoms with Crippen LogP contribution in [0.5, 0.6) is 0 Å². The van der Waals surface area contributed by atoms with Crippen molar-refractivity contribution in [3.8, 4) is 0 Å². The number of amides is 2. The van der Waals surface area contributed by atoms with Gasteiger partial charge in [-0.1, -0.05) is 30.3 Å². The van der Waals surface area contributed by atoms with Gasteiger partial charge < -0.3 is 20.4 Å². The van der Waals surface area contributed by atoms with Crippen LogP contribution in [0.3, 0.4) is 0 Å². The number of aromatic nitrogens is 2. The molecule has 2 amide bonds. The Morgan fingerprint density at radius 3 is 2.64 bits per heavy atom. The van der Waals surface area contributed by atoms with Gasteiger partial charge in [0, 0.05) is 50.0 Å². The lowest BCUT2D eigenvalue weighted by Crippen LogP contribution is -2.40. The number of anilines is 1. The van der Waals surface area contributed by atoms with E-state index in [1.165, 1.54) is 6.33 Å². The minimum absolute atomic E-state index is 0.0913. The SMILES string of the molecule is CN(C)CCN(Cc1ccccc1)C(=O)C1CCN(c2ccc(C(N)=O)c3ncncc23)C1. The number of likely N-dealkylation sites (N-methyl/N-ethyl adjacent to an activating group) is 1. The van der Waals surface area contributed by atoms with Crippen molar-refractivity contribution < 1.29 is 9.59 Å². The standard InChI is InChI=1S/C25H30N6O2/c1-29(2)12-13-31(15-18-6-4-3-5-7-18)25(33)19-10-11-30(16-19)22-9-8-20(24(26)32)23-21(22)14-27-17-28-23/h3-9,14,17,19H,10-13,15-16H2,1-2H3,(H2,26,32). The van der Waals surface area contributed by atoms with E-state index >= 15 is 0 Å². The third-order valence-corrected chi connectivity index (χ3v) is 6.14. The van der Waals surface area contributed by atoms with Crippen LogP contribution < -0.4 is 10.6 Å². The molecule has 0 spiro atoms. The molecule has 1 fully saturated rings. The number of rotatable bonds is 8. The highest BCUT2D eigenvalue weighted by molar-refractivity contribution is 6.08. The van der Waals surface area contributed by atoms with Crippen LogP contribution >= 0.6 is 0 Å². The van der Waals surface area contributed by atoms with Gasteiger partial charge >= 0.3 is 0 Å². The van der Waals surface area contributed by atoms with E-state index in [4.69, 9.17) is 5.73 Å². The minimum atomic E-state index is -0.517. The first kappa shape index (κ1) is 22.7. The third-order valence-electron chi connectivity index (χ3n) is 6.14. The van der Waals surface area contributed by atoms with Gasteiger partial charge in [-0.3, -0.25) is 9.59 Å². The number of fused-ring (bicyclic) bond motifs is 1. The van der Waals surface area contributed by atoms with Gasteiger partial charge in [-0.05, 0) is 38.2 Å². The number of nitrogens with zero attached hydrogens (tertiary/aromatic N) is 5. The average molecular weight is 447 g/mol. The van der Waals surface area contributed by atoms with Crippen molar-refractivity contribution in [1.29, 1.82) is 0 Å². The molecule has 1 aliphatic heterocycles. The van der Waals surface area contributed by atoms with E-state index in [0.29, 0.717) is 30.7 Å². The zero-order valence-corrected chi connectivity index (χ0v) is 19.1. The molecule has 1 aromatic heterocycles. The average Bonchev–Trinajstić information content (AvgIpc) is 3.31. The first-order valence-electron chi connectivity index (χ1n) is 11.2. The predicted octanol–water partition coefficient (Wildman–Crippen LogP) is 2.15. The second kappa shape index (κ2) is 9.95. The van der Waals surface area contributed by atoms with Crippen LogP contribution in [0, 0.1) is 5.92 Å². The molecule has 1 aliphatic rings. The molecule has 1 atom stereocenters. The van der Waals surface area contributed by atoms with Crippen molar-refractivity contribution in [3.05, 3.63) is 66.1 Å². The number of hydrogen-bond donors (Lipinski definition) is 1. The zero-order valence-electron chi connectivity index (χ0n) is 19.1. The molecule has 2 heterocycles. The number of carbonyl (C=O) groups is 2. The van der Waals surface area contributed by atoms with Crippen molar-refractivity contribution in [2.45, 2.75) is 13.0 Å². The van der Waals surface area contributed by atoms with Crippen LogP contribution in [0.1, 0.15) is 22.3 Å². The molecule has 0 bridgehead atoms. The monoisotopic (exact) mass is 446 g/mol. The van der Waals surface area contributed by atoms with E-state index in [-0.39, 0.29) is 11.8 Å². The van der Waals surface area contributed by atoms with Gasteiger partial charge in [0.2, 0.25) is 5.91 Å². The molecule has 4 rings (SSSR count). The van der Waals surface area contributed by atoms with Gasteiger partial charge in [-0.15, -0.1) is 0 Å². The van der Waals surface area contributed by atoms with Crippen LogP contribution in [0.15, 0.2) is 55.0 Å². The minimum Gasteiger partial charge on any atom is -0.370 e. The molecule has 2 aromatic carbocycles. The van der Waals surface area contributed by atoms with Crippen LogP contribution in [-0.2, 0) is 11.3 Å². The van der Waals surface area contributed by atoms with E-state index in [1.54, 1.807) is 12.3 Å². The molecule has 0 saturated carbocycles. The molecule has 8 heteroatoms. The lowest BCUT2D eigenvalue weighted by atomic mass is 10.1. The Morgan fingerprint density at radius 1 is 1.12 bits per heavy atom. The molecular formula is C25H30N6O2. The summed E-state index contributed by atoms with van der Waals surface area (Å²) in [7, 11) is 4.04. The van der Waals surface area contributed by atoms with Crippen LogP contribution in [0.2, 0.25) is 0 Å². The maximum atomic E-state index is 13.5. The molecule has 2 N–H and O–H groups in total. The predicted molar refractivity (Wildman–Crippen MR) is 129 cm³/mol. The quantitative estimate of drug-likeness (QED) is 0.570. The number of hydrogen-bond acceptors (Lipinski definition) is 6. The number of primary amides is 1. The molecule has 1 unspecified atom stereocenters. The highest BCUT2D eigenvalue weighted by Crippen LogP contribution is 2.32. The summed E-state index contributed by atoms with van der Waals surface area (Å²) in [6, 6.07) is 13.7. The summed E-state index contributed by atoms with van der Waals surface area (Å²) in [5.41, 5.74) is 8.50. The summed E-state index contributed by atoms with van der Waals surface area (Å²) >= 11 is 0. The molecule has 0 radical (unpaired) electrons. The van der Waals surface area contributed by atoms with Gasteiger partial charge in [0.25, 0.3) is 5.91 Å². The normalized spacial score (nSPS) is 15.8. The number of benzene rings is 2. The first-order valence-corrected chi connectivity index (χ1v) is 11.2. The Labute approximate surface area is 194 Å². The summed E-state index contributed by atoms with van der Waals surface area (Å²) in [5, 5.41) is 0.774. The van der Waals surface area contributed by atoms with E-state index in [1.807, 2.05) is 43.3 Å². The largest absolute Gasteiger partial charge is 0.370 e. The second-order valence-electron chi connectivity index (χ2n) is 8.76. The summed E-state index contributed by atoms with van der Waals surface area (Å²) < 4.78 is 0. The van der Waals surface area contributed by atoms with E-state index in [9.17, 15) is 9.59 Å². The Morgan fingerprint density at radius 2 is 1.91 bits per heavy atom. The van der Waals surface area contributed by atoms with Crippen molar-refractivity contribution >= 4 is 28.4 Å². The molecule has 3 aromatic rings. The molecule has 1 saturated heterocycles. The van der Waals surface area contributed by atoms with Crippen LogP contribution in [0.25, 0.3) is 10.9 Å². The first-order chi connectivity index (χ1) is 15.9. The molecule has 33 heavy (non-hydrogen) atoms. The maximum Gasteiger partial charge on any atom is 0.250 e. The molecular weight excluding hydrogens is 416 g/mol. The lowest BCUT2D eigenvalue weighted by Gasteiger charge is -2.27. The second-order valence-corrected chi connectivity index (χ2v) is 8.76. The summed E-state index contributed by atoms with van der Waals surface area (Å²) in [5.74, 6) is -0.430. The van der Waals surface area contributed by atoms with E-state index < -0.39 is 5.91 Å². The highest BCUT2D eigenvalue weighted by atomic mass is 16.2. The van der Waals surface area contributed by atoms with Gasteiger partial charge in [0.15, 0.2) is 0 Å². The molecule has 0 aliphatic carbocycles. The van der Waals surface area contributed by atoms with E-state index in [0.717, 1.165) is 36.1 Å². The fraction of sp³-hybridized carbons (Fsp3) is 0.360. The van der Waals surface area contributed by atoms with E-state index in [2.05, 4.69) is 31.9 Å². The lowest BCUT2D eigenvalue weighted by molar-refractivity contribution is -0.135. The Bertz CT molecular complexity index is 1130. The van der Waals surface area contributed by atoms with Crippen molar-refractivity contribution in [2.24, 2.45) is 11.7 Å². The Kier molecular flexibility index (Phi) is 6.84. The topological polar surface area (TPSA) is 95.7 Å². The molecule has 8 nitrogen and oxygen atoms in total. The van der Waals surface area contributed by atoms with Gasteiger partial charge in [0.1, 0.15) is 6.33 Å². The fourth-order valence-corrected chi connectivity index (χ4v) is 4.37. The van der Waals surface area contributed by atoms with Crippen molar-refractivity contribution in [2.75, 3.05) is 45.2 Å². The summed E-state index contributed by atoms with van der Waals surface area (Å²) in [6.45, 7) is 3.47. The number of carbonyl (C=O) groups excluding carboxylic acids is 2. The maximum absolute atomic E-state index is 13.5. The summed E-state index contributed by atoms with van der Waals surface area (Å²) in [6.07, 6.45) is 3.90. The van der Waals surface area contributed by atoms with Gasteiger partial charge in [-0.2, -0.15) is 0 Å². The smallest absolute Gasteiger partial charge is 0.250 e. The Balaban J connectivity index is 1.54. The fourth-order valence-electron chi connectivity index (χ4n) is 4.37. The third kappa shape index (κ3) is 5.12. The van der Waals surface area contributed by atoms with Gasteiger partial charge in [-0.25, -0.2) is 9.97 Å². The Hall–Kier alpha value is -3.52. The molecule has 172 valence electrons. The zero-order chi connectivity index (χ0) is 23.4.